The molecule has 1 aliphatic rings. The molecular formula is C15H12ClN5O. The van der Waals surface area contributed by atoms with Crippen LogP contribution in [-0.4, -0.2) is 20.4 Å². The molecule has 1 amide bonds. The van der Waals surface area contributed by atoms with Crippen molar-refractivity contribution in [2.45, 2.75) is 19.4 Å². The minimum Gasteiger partial charge on any atom is -0.328 e. The summed E-state index contributed by atoms with van der Waals surface area (Å²) in [6, 6.07) is 7.44. The van der Waals surface area contributed by atoms with Crippen LogP contribution in [0.5, 0.6) is 0 Å². The maximum Gasteiger partial charge on any atom is 0.268 e. The van der Waals surface area contributed by atoms with Crippen molar-refractivity contribution in [3.63, 3.8) is 0 Å². The molecule has 0 N–H and O–H groups in total. The normalized spacial score (nSPS) is 16.1. The molecule has 22 heavy (non-hydrogen) atoms. The van der Waals surface area contributed by atoms with E-state index >= 15 is 0 Å². The first-order valence-corrected chi connectivity index (χ1v) is 7.13. The van der Waals surface area contributed by atoms with Crippen LogP contribution >= 0.6 is 11.6 Å². The number of halogens is 1. The zero-order valence-electron chi connectivity index (χ0n) is 11.6. The Kier molecular flexibility index (Phi) is 3.73. The van der Waals surface area contributed by atoms with Gasteiger partial charge < -0.3 is 4.57 Å². The van der Waals surface area contributed by atoms with E-state index in [1.54, 1.807) is 29.1 Å². The highest BCUT2D eigenvalue weighted by Crippen LogP contribution is 2.45. The van der Waals surface area contributed by atoms with E-state index in [0.717, 1.165) is 5.56 Å². The van der Waals surface area contributed by atoms with E-state index in [2.05, 4.69) is 21.0 Å². The van der Waals surface area contributed by atoms with Crippen molar-refractivity contribution in [2.75, 3.05) is 0 Å². The van der Waals surface area contributed by atoms with Crippen molar-refractivity contribution < 1.29 is 4.79 Å². The highest BCUT2D eigenvalue weighted by molar-refractivity contribution is 6.28. The van der Waals surface area contributed by atoms with Crippen molar-refractivity contribution in [3.05, 3.63) is 53.1 Å². The lowest BCUT2D eigenvalue weighted by Crippen LogP contribution is -2.24. The van der Waals surface area contributed by atoms with Gasteiger partial charge in [-0.05, 0) is 36.6 Å². The first-order valence-electron chi connectivity index (χ1n) is 6.75. The lowest BCUT2D eigenvalue weighted by molar-refractivity contribution is -0.121. The summed E-state index contributed by atoms with van der Waals surface area (Å²) in [5.74, 6) is -0.373. The van der Waals surface area contributed by atoms with Crippen molar-refractivity contribution >= 4 is 17.5 Å². The molecule has 2 aromatic rings. The van der Waals surface area contributed by atoms with Crippen molar-refractivity contribution in [1.29, 1.82) is 5.26 Å². The number of nitrogens with zero attached hydrogens (tertiary/aromatic N) is 5. The predicted octanol–water partition coefficient (Wildman–Crippen LogP) is 1.71. The molecule has 6 nitrogen and oxygen atoms in total. The zero-order chi connectivity index (χ0) is 15.6. The summed E-state index contributed by atoms with van der Waals surface area (Å²) in [7, 11) is 0. The largest absolute Gasteiger partial charge is 0.328 e. The number of pyridine rings is 1. The van der Waals surface area contributed by atoms with Gasteiger partial charge in [-0.15, -0.1) is 0 Å². The quantitative estimate of drug-likeness (QED) is 0.807. The zero-order valence-corrected chi connectivity index (χ0v) is 12.4. The van der Waals surface area contributed by atoms with Crippen LogP contribution in [0.4, 0.5) is 0 Å². The molecule has 2 aromatic heterocycles. The number of hydrogen-bond donors (Lipinski definition) is 0. The second-order valence-corrected chi connectivity index (χ2v) is 5.50. The van der Waals surface area contributed by atoms with Gasteiger partial charge in [-0.3, -0.25) is 4.79 Å². The first kappa shape index (κ1) is 14.4. The number of aromatic nitrogens is 3. The molecule has 0 radical (unpaired) electrons. The molecule has 1 fully saturated rings. The third-order valence-electron chi connectivity index (χ3n) is 3.53. The van der Waals surface area contributed by atoms with Crippen molar-refractivity contribution in [2.24, 2.45) is 10.4 Å². The first-order chi connectivity index (χ1) is 10.6. The summed E-state index contributed by atoms with van der Waals surface area (Å²) >= 11 is 5.67. The Morgan fingerprint density at radius 3 is 2.77 bits per heavy atom. The van der Waals surface area contributed by atoms with E-state index in [-0.39, 0.29) is 11.2 Å². The minimum absolute atomic E-state index is 0.187. The standard InChI is InChI=1S/C15H12ClN5O/c16-14-18-7-11(8-19-14)9-21-6-2-1-3-12(21)20-13(22)15(10-17)4-5-15/h1-3,6-8H,4-5,9H2. The number of hydrogen-bond acceptors (Lipinski definition) is 4. The van der Waals surface area contributed by atoms with E-state index in [9.17, 15) is 4.79 Å². The van der Waals surface area contributed by atoms with Gasteiger partial charge in [-0.2, -0.15) is 10.3 Å². The van der Waals surface area contributed by atoms with Gasteiger partial charge in [-0.25, -0.2) is 9.97 Å². The van der Waals surface area contributed by atoms with Crippen LogP contribution in [-0.2, 0) is 11.3 Å². The molecule has 0 spiro atoms. The van der Waals surface area contributed by atoms with Gasteiger partial charge in [0.1, 0.15) is 10.9 Å². The van der Waals surface area contributed by atoms with Gasteiger partial charge in [0.05, 0.1) is 12.6 Å². The maximum absolute atomic E-state index is 12.1. The molecule has 3 rings (SSSR count). The average molecular weight is 314 g/mol. The molecule has 0 aromatic carbocycles. The number of nitriles is 1. The van der Waals surface area contributed by atoms with E-state index in [1.165, 1.54) is 0 Å². The molecule has 2 heterocycles. The fourth-order valence-electron chi connectivity index (χ4n) is 2.03. The van der Waals surface area contributed by atoms with Crippen LogP contribution in [0.2, 0.25) is 5.28 Å². The van der Waals surface area contributed by atoms with Gasteiger partial charge in [0, 0.05) is 24.2 Å². The Morgan fingerprint density at radius 1 is 1.41 bits per heavy atom. The second-order valence-electron chi connectivity index (χ2n) is 5.16. The summed E-state index contributed by atoms with van der Waals surface area (Å²) in [5.41, 5.74) is 0.437. The summed E-state index contributed by atoms with van der Waals surface area (Å²) < 4.78 is 1.80. The number of carbonyl (C=O) groups is 1. The highest BCUT2D eigenvalue weighted by atomic mass is 35.5. The van der Waals surface area contributed by atoms with Gasteiger partial charge in [0.15, 0.2) is 0 Å². The molecule has 1 aliphatic carbocycles. The topological polar surface area (TPSA) is 83.9 Å². The Labute approximate surface area is 131 Å². The van der Waals surface area contributed by atoms with Gasteiger partial charge in [0.25, 0.3) is 5.91 Å². The molecular weight excluding hydrogens is 302 g/mol. The monoisotopic (exact) mass is 313 g/mol. The molecule has 7 heteroatoms. The lowest BCUT2D eigenvalue weighted by Gasteiger charge is -2.07. The second kappa shape index (κ2) is 5.70. The molecule has 0 aliphatic heterocycles. The fourth-order valence-corrected chi connectivity index (χ4v) is 2.13. The van der Waals surface area contributed by atoms with Crippen LogP contribution in [0, 0.1) is 16.7 Å². The average Bonchev–Trinajstić information content (AvgIpc) is 3.33. The Hall–Kier alpha value is -2.52. The number of carbonyl (C=O) groups excluding carboxylic acids is 1. The molecule has 0 bridgehead atoms. The molecule has 0 unspecified atom stereocenters. The van der Waals surface area contributed by atoms with Crippen molar-refractivity contribution in [3.8, 4) is 6.07 Å². The van der Waals surface area contributed by atoms with Crippen LogP contribution < -0.4 is 5.49 Å². The maximum atomic E-state index is 12.1. The highest BCUT2D eigenvalue weighted by Gasteiger charge is 2.50. The summed E-state index contributed by atoms with van der Waals surface area (Å²) in [4.78, 5) is 24.1. The van der Waals surface area contributed by atoms with Crippen LogP contribution in [0.15, 0.2) is 41.8 Å². The summed E-state index contributed by atoms with van der Waals surface area (Å²) in [6.07, 6.45) is 6.23. The molecule has 110 valence electrons. The minimum atomic E-state index is -0.906. The SMILES string of the molecule is N#CC1(C(=O)N=c2ccccn2Cc2cnc(Cl)nc2)CC1. The Morgan fingerprint density at radius 2 is 2.14 bits per heavy atom. The summed E-state index contributed by atoms with van der Waals surface area (Å²) in [6.45, 7) is 0.462. The van der Waals surface area contributed by atoms with Crippen LogP contribution in [0.3, 0.4) is 0 Å². The van der Waals surface area contributed by atoms with Gasteiger partial charge >= 0.3 is 0 Å². The third-order valence-corrected chi connectivity index (χ3v) is 3.73. The van der Waals surface area contributed by atoms with E-state index < -0.39 is 5.41 Å². The number of amides is 1. The number of rotatable bonds is 3. The lowest BCUT2D eigenvalue weighted by atomic mass is 10.1. The smallest absolute Gasteiger partial charge is 0.268 e. The summed E-state index contributed by atoms with van der Waals surface area (Å²) in [5, 5.41) is 9.26. The fraction of sp³-hybridized carbons (Fsp3) is 0.267. The Bertz CT molecular complexity index is 815. The predicted molar refractivity (Wildman–Crippen MR) is 78.4 cm³/mol. The van der Waals surface area contributed by atoms with Crippen LogP contribution in [0.1, 0.15) is 18.4 Å². The third kappa shape index (κ3) is 2.90. The molecule has 1 saturated carbocycles. The van der Waals surface area contributed by atoms with Crippen molar-refractivity contribution in [1.82, 2.24) is 14.5 Å². The van der Waals surface area contributed by atoms with E-state index in [0.29, 0.717) is 24.9 Å². The Balaban J connectivity index is 1.92. The van der Waals surface area contributed by atoms with Gasteiger partial charge in [-0.1, -0.05) is 6.07 Å². The van der Waals surface area contributed by atoms with Crippen LogP contribution in [0.25, 0.3) is 0 Å². The van der Waals surface area contributed by atoms with E-state index in [1.807, 2.05) is 12.3 Å². The molecule has 0 atom stereocenters. The van der Waals surface area contributed by atoms with Gasteiger partial charge in [0.2, 0.25) is 5.28 Å². The van der Waals surface area contributed by atoms with E-state index in [4.69, 9.17) is 16.9 Å². The molecule has 0 saturated heterocycles.